The molecule has 194 valence electrons. The molecule has 37 heavy (non-hydrogen) atoms. The van der Waals surface area contributed by atoms with Crippen molar-refractivity contribution in [1.82, 2.24) is 19.7 Å². The Bertz CT molecular complexity index is 1570. The highest BCUT2D eigenvalue weighted by Gasteiger charge is 2.25. The number of halogens is 1. The van der Waals surface area contributed by atoms with Crippen LogP contribution in [0.4, 0.5) is 26.6 Å². The summed E-state index contributed by atoms with van der Waals surface area (Å²) in [4.78, 5) is 34.8. The number of rotatable bonds is 5. The van der Waals surface area contributed by atoms with Crippen molar-refractivity contribution in [1.29, 1.82) is 0 Å². The third kappa shape index (κ3) is 4.89. The van der Waals surface area contributed by atoms with E-state index >= 15 is 0 Å². The monoisotopic (exact) mass is 507 g/mol. The number of pyridine rings is 1. The number of carbonyl (C=O) groups excluding carboxylic acids is 1. The number of amides is 2. The Labute approximate surface area is 213 Å². The second-order valence-corrected chi connectivity index (χ2v) is 9.79. The van der Waals surface area contributed by atoms with Gasteiger partial charge in [-0.3, -0.25) is 14.7 Å². The number of hydrogen-bond donors (Lipinski definition) is 3. The molecular weight excluding hydrogens is 477 g/mol. The van der Waals surface area contributed by atoms with E-state index in [1.54, 1.807) is 33.2 Å². The lowest BCUT2D eigenvalue weighted by Gasteiger charge is -2.15. The Morgan fingerprint density at radius 1 is 1.14 bits per heavy atom. The average molecular weight is 508 g/mol. The molecule has 1 aromatic carbocycles. The first kappa shape index (κ1) is 25.8. The van der Waals surface area contributed by atoms with Crippen LogP contribution in [0.25, 0.3) is 22.2 Å². The summed E-state index contributed by atoms with van der Waals surface area (Å²) in [5.41, 5.74) is 1.88. The van der Waals surface area contributed by atoms with Gasteiger partial charge >= 0.3 is 6.03 Å². The zero-order valence-electron chi connectivity index (χ0n) is 21.9. The maximum Gasteiger partial charge on any atom is 0.325 e. The molecular formula is C26H30FN7O3. The van der Waals surface area contributed by atoms with E-state index < -0.39 is 11.8 Å². The maximum absolute atomic E-state index is 14.9. The van der Waals surface area contributed by atoms with E-state index in [0.29, 0.717) is 51.5 Å². The standard InChI is InChI=1S/C26H30FN7O3/c1-8-34-22-15(12-29-24(28-7)32-22)10-17(23(34)35)16-11-19(18(27)9-13(16)2)30-25(36)31-21-14(3)20(37-33-21)26(4,5)6/h9-12H,8H2,1-7H3,(H,28,29,32)(H2,30,31,33,36). The molecule has 0 saturated heterocycles. The van der Waals surface area contributed by atoms with Crippen LogP contribution < -0.4 is 21.5 Å². The number of aryl methyl sites for hydroxylation is 2. The van der Waals surface area contributed by atoms with Gasteiger partial charge in [0.15, 0.2) is 5.82 Å². The number of aromatic nitrogens is 4. The number of carbonyl (C=O) groups is 1. The highest BCUT2D eigenvalue weighted by molar-refractivity contribution is 6.00. The fourth-order valence-corrected chi connectivity index (χ4v) is 4.24. The number of anilines is 3. The van der Waals surface area contributed by atoms with E-state index in [2.05, 4.69) is 31.1 Å². The van der Waals surface area contributed by atoms with E-state index in [0.717, 1.165) is 0 Å². The minimum absolute atomic E-state index is 0.0837. The van der Waals surface area contributed by atoms with Crippen molar-refractivity contribution in [2.45, 2.75) is 53.5 Å². The molecule has 0 aliphatic carbocycles. The van der Waals surface area contributed by atoms with Gasteiger partial charge in [-0.1, -0.05) is 25.9 Å². The Hall–Kier alpha value is -4.28. The first-order valence-corrected chi connectivity index (χ1v) is 11.9. The fourth-order valence-electron chi connectivity index (χ4n) is 4.24. The molecule has 0 saturated carbocycles. The summed E-state index contributed by atoms with van der Waals surface area (Å²) in [6.07, 6.45) is 1.63. The van der Waals surface area contributed by atoms with E-state index in [-0.39, 0.29) is 22.5 Å². The van der Waals surface area contributed by atoms with Crippen LogP contribution >= 0.6 is 0 Å². The molecule has 0 radical (unpaired) electrons. The topological polar surface area (TPSA) is 127 Å². The quantitative estimate of drug-likeness (QED) is 0.339. The highest BCUT2D eigenvalue weighted by Crippen LogP contribution is 2.31. The van der Waals surface area contributed by atoms with Crippen LogP contribution in [0.1, 0.15) is 44.6 Å². The first-order valence-electron chi connectivity index (χ1n) is 11.9. The van der Waals surface area contributed by atoms with Crippen molar-refractivity contribution >= 4 is 34.5 Å². The van der Waals surface area contributed by atoms with Crippen LogP contribution in [0.3, 0.4) is 0 Å². The smallest absolute Gasteiger partial charge is 0.325 e. The molecule has 0 atom stereocenters. The molecule has 3 heterocycles. The third-order valence-corrected chi connectivity index (χ3v) is 6.06. The second kappa shape index (κ2) is 9.64. The number of benzene rings is 1. The lowest BCUT2D eigenvalue weighted by molar-refractivity contribution is 0.261. The Morgan fingerprint density at radius 2 is 1.86 bits per heavy atom. The van der Waals surface area contributed by atoms with Crippen LogP contribution in [-0.4, -0.2) is 32.8 Å². The van der Waals surface area contributed by atoms with Gasteiger partial charge in [0.2, 0.25) is 5.95 Å². The van der Waals surface area contributed by atoms with Crippen LogP contribution in [0.2, 0.25) is 0 Å². The second-order valence-electron chi connectivity index (χ2n) is 9.79. The van der Waals surface area contributed by atoms with Gasteiger partial charge in [-0.05, 0) is 50.1 Å². The van der Waals surface area contributed by atoms with Crippen molar-refractivity contribution in [3.05, 3.63) is 57.5 Å². The van der Waals surface area contributed by atoms with Gasteiger partial charge in [-0.2, -0.15) is 4.98 Å². The number of fused-ring (bicyclic) bond motifs is 1. The summed E-state index contributed by atoms with van der Waals surface area (Å²) < 4.78 is 21.8. The summed E-state index contributed by atoms with van der Waals surface area (Å²) in [6.45, 7) is 11.6. The van der Waals surface area contributed by atoms with Crippen molar-refractivity contribution in [3.63, 3.8) is 0 Å². The van der Waals surface area contributed by atoms with Crippen LogP contribution in [-0.2, 0) is 12.0 Å². The largest absolute Gasteiger partial charge is 0.358 e. The minimum Gasteiger partial charge on any atom is -0.358 e. The minimum atomic E-state index is -0.692. The van der Waals surface area contributed by atoms with Gasteiger partial charge in [0.1, 0.15) is 17.2 Å². The number of hydrogen-bond acceptors (Lipinski definition) is 7. The molecule has 3 N–H and O–H groups in total. The SMILES string of the molecule is CCn1c(=O)c(-c2cc(NC(=O)Nc3noc(C(C)(C)C)c3C)c(F)cc2C)cc2cnc(NC)nc21. The third-order valence-electron chi connectivity index (χ3n) is 6.06. The molecule has 4 aromatic rings. The summed E-state index contributed by atoms with van der Waals surface area (Å²) in [5, 5.41) is 12.6. The summed E-state index contributed by atoms with van der Waals surface area (Å²) >= 11 is 0. The van der Waals surface area contributed by atoms with E-state index in [1.807, 2.05) is 27.7 Å². The Kier molecular flexibility index (Phi) is 6.72. The molecule has 2 amide bonds. The average Bonchev–Trinajstić information content (AvgIpc) is 3.20. The van der Waals surface area contributed by atoms with Gasteiger partial charge in [0.05, 0.1) is 5.69 Å². The fraction of sp³-hybridized carbons (Fsp3) is 0.346. The number of nitrogens with one attached hydrogen (secondary N) is 3. The van der Waals surface area contributed by atoms with Crippen LogP contribution in [0.15, 0.2) is 33.7 Å². The molecule has 0 spiro atoms. The number of urea groups is 1. The summed E-state index contributed by atoms with van der Waals surface area (Å²) in [6, 6.07) is 3.72. The van der Waals surface area contributed by atoms with Gasteiger partial charge in [-0.25, -0.2) is 14.2 Å². The van der Waals surface area contributed by atoms with Crippen molar-refractivity contribution in [2.75, 3.05) is 23.0 Å². The van der Waals surface area contributed by atoms with E-state index in [1.165, 1.54) is 16.7 Å². The Balaban J connectivity index is 1.71. The summed E-state index contributed by atoms with van der Waals surface area (Å²) in [7, 11) is 1.70. The van der Waals surface area contributed by atoms with E-state index in [4.69, 9.17) is 4.52 Å². The predicted octanol–water partition coefficient (Wildman–Crippen LogP) is 5.21. The van der Waals surface area contributed by atoms with Crippen molar-refractivity contribution < 1.29 is 13.7 Å². The number of nitrogens with zero attached hydrogens (tertiary/aromatic N) is 4. The molecule has 10 nitrogen and oxygen atoms in total. The van der Waals surface area contributed by atoms with Crippen molar-refractivity contribution in [2.24, 2.45) is 0 Å². The van der Waals surface area contributed by atoms with Gasteiger partial charge in [0.25, 0.3) is 5.56 Å². The zero-order chi connectivity index (χ0) is 27.1. The lowest BCUT2D eigenvalue weighted by atomic mass is 9.91. The molecule has 11 heteroatoms. The van der Waals surface area contributed by atoms with E-state index in [9.17, 15) is 14.0 Å². The highest BCUT2D eigenvalue weighted by atomic mass is 19.1. The van der Waals surface area contributed by atoms with Gasteiger partial charge in [-0.15, -0.1) is 0 Å². The molecule has 0 fully saturated rings. The molecule has 0 aliphatic rings. The molecule has 0 aliphatic heterocycles. The first-order chi connectivity index (χ1) is 17.4. The van der Waals surface area contributed by atoms with Crippen LogP contribution in [0, 0.1) is 19.7 Å². The molecule has 3 aromatic heterocycles. The normalized spacial score (nSPS) is 11.6. The van der Waals surface area contributed by atoms with Gasteiger partial charge in [0, 0.05) is 41.7 Å². The lowest BCUT2D eigenvalue weighted by Crippen LogP contribution is -2.23. The molecule has 0 unspecified atom stereocenters. The molecule has 0 bridgehead atoms. The van der Waals surface area contributed by atoms with Crippen LogP contribution in [0.5, 0.6) is 0 Å². The molecule has 4 rings (SSSR count). The predicted molar refractivity (Wildman–Crippen MR) is 142 cm³/mol. The Morgan fingerprint density at radius 3 is 2.49 bits per heavy atom. The zero-order valence-corrected chi connectivity index (χ0v) is 21.9. The van der Waals surface area contributed by atoms with Crippen molar-refractivity contribution in [3.8, 4) is 11.1 Å². The summed E-state index contributed by atoms with van der Waals surface area (Å²) in [5.74, 6) is 0.647. The van der Waals surface area contributed by atoms with Gasteiger partial charge < -0.3 is 15.2 Å². The maximum atomic E-state index is 14.9.